The molecule has 1 aromatic rings. The van der Waals surface area contributed by atoms with Crippen LogP contribution in [0.4, 0.5) is 4.79 Å². The predicted molar refractivity (Wildman–Crippen MR) is 112 cm³/mol. The van der Waals surface area contributed by atoms with Crippen molar-refractivity contribution in [3.05, 3.63) is 29.8 Å². The first-order valence-corrected chi connectivity index (χ1v) is 11.1. The average molecular weight is 414 g/mol. The van der Waals surface area contributed by atoms with Gasteiger partial charge in [0.2, 0.25) is 5.91 Å². The van der Waals surface area contributed by atoms with Crippen molar-refractivity contribution in [3.63, 3.8) is 0 Å². The largest absolute Gasteiger partial charge is 0.494 e. The Labute approximate surface area is 177 Å². The Hall–Kier alpha value is -2.57. The monoisotopic (exact) mass is 413 g/mol. The zero-order valence-corrected chi connectivity index (χ0v) is 17.9. The number of benzene rings is 1. The Bertz CT molecular complexity index is 814. The predicted octanol–water partition coefficient (Wildman–Crippen LogP) is 3.25. The second-order valence-corrected chi connectivity index (χ2v) is 8.83. The highest BCUT2D eigenvalue weighted by Crippen LogP contribution is 2.37. The molecule has 162 valence electrons. The number of nitrogens with one attached hydrogen (secondary N) is 1. The van der Waals surface area contributed by atoms with Crippen LogP contribution in [-0.4, -0.2) is 52.9 Å². The molecule has 3 fully saturated rings. The summed E-state index contributed by atoms with van der Waals surface area (Å²) >= 11 is 0. The third-order valence-electron chi connectivity index (χ3n) is 6.82. The molecule has 1 saturated carbocycles. The molecule has 0 aromatic heterocycles. The van der Waals surface area contributed by atoms with Crippen molar-refractivity contribution in [2.24, 2.45) is 5.92 Å². The fraction of sp³-hybridized carbons (Fsp3) is 0.609. The topological polar surface area (TPSA) is 79.0 Å². The minimum atomic E-state index is -0.802. The molecule has 2 heterocycles. The van der Waals surface area contributed by atoms with E-state index in [4.69, 9.17) is 4.74 Å². The van der Waals surface area contributed by atoms with E-state index < -0.39 is 11.6 Å². The van der Waals surface area contributed by atoms with Crippen molar-refractivity contribution >= 4 is 17.8 Å². The van der Waals surface area contributed by atoms with Crippen LogP contribution in [0.5, 0.6) is 5.75 Å². The van der Waals surface area contributed by atoms with E-state index in [1.54, 1.807) is 0 Å². The molecule has 2 saturated heterocycles. The van der Waals surface area contributed by atoms with Gasteiger partial charge in [-0.15, -0.1) is 0 Å². The molecule has 4 rings (SSSR count). The number of nitrogens with zero attached hydrogens (tertiary/aromatic N) is 2. The van der Waals surface area contributed by atoms with Crippen molar-refractivity contribution in [3.8, 4) is 5.75 Å². The van der Waals surface area contributed by atoms with Gasteiger partial charge in [0, 0.05) is 6.54 Å². The van der Waals surface area contributed by atoms with Gasteiger partial charge >= 0.3 is 6.03 Å². The van der Waals surface area contributed by atoms with Crippen molar-refractivity contribution < 1.29 is 19.1 Å². The van der Waals surface area contributed by atoms with Crippen molar-refractivity contribution in [2.45, 2.75) is 64.0 Å². The Morgan fingerprint density at radius 3 is 2.53 bits per heavy atom. The first-order valence-electron chi connectivity index (χ1n) is 11.1. The smallest absolute Gasteiger partial charge is 0.325 e. The van der Waals surface area contributed by atoms with Crippen LogP contribution in [0.1, 0.15) is 64.0 Å². The van der Waals surface area contributed by atoms with Crippen LogP contribution in [0, 0.1) is 5.92 Å². The molecular weight excluding hydrogens is 382 g/mol. The average Bonchev–Trinajstić information content (AvgIpc) is 3.31. The zero-order valence-electron chi connectivity index (χ0n) is 17.9. The van der Waals surface area contributed by atoms with Gasteiger partial charge in [0.1, 0.15) is 17.8 Å². The van der Waals surface area contributed by atoms with Crippen molar-refractivity contribution in [1.82, 2.24) is 15.1 Å². The van der Waals surface area contributed by atoms with Gasteiger partial charge in [0.05, 0.1) is 12.6 Å². The van der Waals surface area contributed by atoms with Gasteiger partial charge in [-0.3, -0.25) is 14.5 Å². The Balaban J connectivity index is 1.44. The van der Waals surface area contributed by atoms with Gasteiger partial charge in [-0.1, -0.05) is 19.1 Å². The maximum Gasteiger partial charge on any atom is 0.325 e. The Morgan fingerprint density at radius 1 is 1.17 bits per heavy atom. The second-order valence-electron chi connectivity index (χ2n) is 8.83. The number of ether oxygens (including phenoxy) is 1. The number of carbonyl (C=O) groups is 3. The van der Waals surface area contributed by atoms with E-state index in [1.807, 2.05) is 36.1 Å². The van der Waals surface area contributed by atoms with E-state index in [2.05, 4.69) is 12.2 Å². The minimum Gasteiger partial charge on any atom is -0.494 e. The molecule has 1 atom stereocenters. The van der Waals surface area contributed by atoms with Crippen LogP contribution in [0.15, 0.2) is 24.3 Å². The number of likely N-dealkylation sites (tertiary alicyclic amines) is 1. The van der Waals surface area contributed by atoms with Crippen molar-refractivity contribution in [1.29, 1.82) is 0 Å². The summed E-state index contributed by atoms with van der Waals surface area (Å²) in [5.41, 5.74) is 0.253. The van der Waals surface area contributed by atoms with E-state index in [-0.39, 0.29) is 24.4 Å². The SMILES string of the molecule is CCOc1ccc(C2CCCN2C(=O)CN2C(=O)NC3(CCC(C)CC3)C2=O)cc1. The maximum atomic E-state index is 13.1. The normalized spacial score (nSPS) is 28.9. The minimum absolute atomic E-state index is 0.0292. The fourth-order valence-corrected chi connectivity index (χ4v) is 5.00. The van der Waals surface area contributed by atoms with Crippen LogP contribution in [-0.2, 0) is 9.59 Å². The van der Waals surface area contributed by atoms with Gasteiger partial charge in [0.15, 0.2) is 0 Å². The van der Waals surface area contributed by atoms with Crippen LogP contribution in [0.3, 0.4) is 0 Å². The molecule has 30 heavy (non-hydrogen) atoms. The summed E-state index contributed by atoms with van der Waals surface area (Å²) in [6, 6.07) is 7.37. The summed E-state index contributed by atoms with van der Waals surface area (Å²) in [4.78, 5) is 41.6. The van der Waals surface area contributed by atoms with Crippen molar-refractivity contribution in [2.75, 3.05) is 19.7 Å². The van der Waals surface area contributed by atoms with Crippen LogP contribution < -0.4 is 10.1 Å². The summed E-state index contributed by atoms with van der Waals surface area (Å²) in [6.07, 6.45) is 4.93. The highest BCUT2D eigenvalue weighted by Gasteiger charge is 2.52. The van der Waals surface area contributed by atoms with E-state index in [0.29, 0.717) is 31.9 Å². The number of rotatable bonds is 5. The quantitative estimate of drug-likeness (QED) is 0.752. The van der Waals surface area contributed by atoms with E-state index in [9.17, 15) is 14.4 Å². The molecular formula is C23H31N3O4. The third kappa shape index (κ3) is 3.77. The number of urea groups is 1. The van der Waals surface area contributed by atoms with E-state index >= 15 is 0 Å². The number of hydrogen-bond donors (Lipinski definition) is 1. The number of imide groups is 1. The molecule has 7 heteroatoms. The van der Waals surface area contributed by atoms with Gasteiger partial charge in [-0.25, -0.2) is 4.79 Å². The van der Waals surface area contributed by atoms with Gasteiger partial charge < -0.3 is 15.0 Å². The first kappa shape index (κ1) is 20.7. The van der Waals surface area contributed by atoms with Crippen LogP contribution in [0.2, 0.25) is 0 Å². The lowest BCUT2D eigenvalue weighted by Crippen LogP contribution is -2.50. The summed E-state index contributed by atoms with van der Waals surface area (Å²) in [5, 5.41) is 2.90. The molecule has 4 amide bonds. The number of hydrogen-bond acceptors (Lipinski definition) is 4. The van der Waals surface area contributed by atoms with Gasteiger partial charge in [-0.2, -0.15) is 0 Å². The molecule has 1 unspecified atom stereocenters. The number of carbonyl (C=O) groups excluding carboxylic acids is 3. The molecule has 1 aliphatic carbocycles. The van der Waals surface area contributed by atoms with Crippen LogP contribution >= 0.6 is 0 Å². The van der Waals surface area contributed by atoms with Gasteiger partial charge in [0.25, 0.3) is 5.91 Å². The number of amides is 4. The van der Waals surface area contributed by atoms with E-state index in [0.717, 1.165) is 41.9 Å². The highest BCUT2D eigenvalue weighted by molar-refractivity contribution is 6.09. The molecule has 0 radical (unpaired) electrons. The molecule has 3 aliphatic rings. The highest BCUT2D eigenvalue weighted by atomic mass is 16.5. The fourth-order valence-electron chi connectivity index (χ4n) is 5.00. The zero-order chi connectivity index (χ0) is 21.3. The molecule has 1 spiro atoms. The van der Waals surface area contributed by atoms with Gasteiger partial charge in [-0.05, 0) is 69.1 Å². The molecule has 7 nitrogen and oxygen atoms in total. The Kier molecular flexibility index (Phi) is 5.71. The summed E-state index contributed by atoms with van der Waals surface area (Å²) in [6.45, 7) is 5.18. The summed E-state index contributed by atoms with van der Waals surface area (Å²) in [7, 11) is 0. The molecule has 2 aliphatic heterocycles. The summed E-state index contributed by atoms with van der Waals surface area (Å²) < 4.78 is 5.50. The lowest BCUT2D eigenvalue weighted by atomic mass is 9.77. The lowest BCUT2D eigenvalue weighted by Gasteiger charge is -2.33. The van der Waals surface area contributed by atoms with E-state index in [1.165, 1.54) is 0 Å². The summed E-state index contributed by atoms with van der Waals surface area (Å²) in [5.74, 6) is 0.972. The first-order chi connectivity index (χ1) is 14.4. The second kappa shape index (κ2) is 8.28. The van der Waals surface area contributed by atoms with Crippen LogP contribution in [0.25, 0.3) is 0 Å². The standard InChI is InChI=1S/C23H31N3O4/c1-3-30-18-8-6-17(7-9-18)19-5-4-14-25(19)20(27)15-26-21(28)23(24-22(26)29)12-10-16(2)11-13-23/h6-9,16,19H,3-5,10-15H2,1-2H3,(H,24,29). The third-order valence-corrected chi connectivity index (χ3v) is 6.82. The molecule has 1 aromatic carbocycles. The Morgan fingerprint density at radius 2 is 1.87 bits per heavy atom. The maximum absolute atomic E-state index is 13.1. The molecule has 1 N–H and O–H groups in total. The molecule has 0 bridgehead atoms. The lowest BCUT2D eigenvalue weighted by molar-refractivity contribution is -0.140.